The molecule has 0 saturated heterocycles. The number of nitriles is 1. The summed E-state index contributed by atoms with van der Waals surface area (Å²) in [4.78, 5) is 4.05. The summed E-state index contributed by atoms with van der Waals surface area (Å²) in [7, 11) is 0. The maximum atomic E-state index is 10.6. The van der Waals surface area contributed by atoms with Crippen LogP contribution >= 0.6 is 15.9 Å². The van der Waals surface area contributed by atoms with E-state index in [1.165, 1.54) is 22.3 Å². The zero-order valence-electron chi connectivity index (χ0n) is 23.2. The number of rotatable bonds is 2. The van der Waals surface area contributed by atoms with E-state index < -0.39 is 0 Å². The quantitative estimate of drug-likeness (QED) is 0.184. The highest BCUT2D eigenvalue weighted by atomic mass is 79.9. The van der Waals surface area contributed by atoms with Gasteiger partial charge >= 0.3 is 0 Å². The fourth-order valence-corrected chi connectivity index (χ4v) is 6.72. The van der Waals surface area contributed by atoms with Gasteiger partial charge in [0.15, 0.2) is 0 Å². The van der Waals surface area contributed by atoms with Gasteiger partial charge in [0.2, 0.25) is 5.69 Å². The lowest BCUT2D eigenvalue weighted by Crippen LogP contribution is -2.07. The molecule has 0 spiro atoms. The summed E-state index contributed by atoms with van der Waals surface area (Å²) in [6.45, 7) is 16.7. The molecule has 7 aromatic rings. The molecule has 41 heavy (non-hydrogen) atoms. The van der Waals surface area contributed by atoms with Crippen LogP contribution in [-0.4, -0.2) is 9.13 Å². The molecule has 0 fully saturated rings. The smallest absolute Gasteiger partial charge is 0.213 e. The molecule has 196 valence electrons. The molecular formula is C36H25BrN4. The Morgan fingerprint density at radius 3 is 1.32 bits per heavy atom. The van der Waals surface area contributed by atoms with Gasteiger partial charge in [-0.2, -0.15) is 5.26 Å². The van der Waals surface area contributed by atoms with Crippen LogP contribution in [0.3, 0.4) is 0 Å². The highest BCUT2D eigenvalue weighted by Gasteiger charge is 2.26. The summed E-state index contributed by atoms with van der Waals surface area (Å²) < 4.78 is 4.96. The molecule has 5 aromatic carbocycles. The summed E-state index contributed by atoms with van der Waals surface area (Å²) >= 11 is 3.66. The average molecular weight is 594 g/mol. The number of fused-ring (bicyclic) bond motifs is 6. The molecule has 0 amide bonds. The summed E-state index contributed by atoms with van der Waals surface area (Å²) in [5.41, 5.74) is 11.0. The van der Waals surface area contributed by atoms with Crippen molar-refractivity contribution in [3.05, 3.63) is 123 Å². The summed E-state index contributed by atoms with van der Waals surface area (Å²) in [5, 5.41) is 15.1. The van der Waals surface area contributed by atoms with Crippen LogP contribution in [0.4, 0.5) is 5.69 Å². The molecule has 2 aromatic heterocycles. The zero-order valence-corrected chi connectivity index (χ0v) is 24.8. The minimum Gasteiger partial charge on any atom is -0.317 e. The molecule has 0 aliphatic carbocycles. The van der Waals surface area contributed by atoms with E-state index in [-0.39, 0.29) is 0 Å². The molecule has 0 saturated carbocycles. The van der Waals surface area contributed by atoms with Gasteiger partial charge < -0.3 is 9.13 Å². The lowest BCUT2D eigenvalue weighted by molar-refractivity contribution is 1.09. The summed E-state index contributed by atoms with van der Waals surface area (Å²) in [6.07, 6.45) is 0. The molecule has 0 bridgehead atoms. The van der Waals surface area contributed by atoms with Gasteiger partial charge in [0.25, 0.3) is 0 Å². The fourth-order valence-electron chi connectivity index (χ4n) is 6.23. The van der Waals surface area contributed by atoms with E-state index in [2.05, 4.69) is 136 Å². The van der Waals surface area contributed by atoms with Crippen LogP contribution in [0.5, 0.6) is 0 Å². The van der Waals surface area contributed by atoms with Crippen molar-refractivity contribution >= 4 is 65.2 Å². The van der Waals surface area contributed by atoms with Crippen LogP contribution < -0.4 is 0 Å². The minimum atomic E-state index is 0.472. The number of hydrogen-bond donors (Lipinski definition) is 0. The first-order valence-electron chi connectivity index (χ1n) is 13.5. The summed E-state index contributed by atoms with van der Waals surface area (Å²) in [5.74, 6) is 0. The van der Waals surface area contributed by atoms with Crippen LogP contribution in [0.25, 0.3) is 59.8 Å². The molecule has 5 heteroatoms. The van der Waals surface area contributed by atoms with Crippen LogP contribution in [-0.2, 0) is 0 Å². The molecule has 0 unspecified atom stereocenters. The third kappa shape index (κ3) is 3.63. The predicted molar refractivity (Wildman–Crippen MR) is 173 cm³/mol. The molecule has 0 aliphatic rings. The Bertz CT molecular complexity index is 2220. The largest absolute Gasteiger partial charge is 0.317 e. The third-order valence-electron chi connectivity index (χ3n) is 8.04. The highest BCUT2D eigenvalue weighted by Crippen LogP contribution is 2.45. The van der Waals surface area contributed by atoms with E-state index in [0.717, 1.165) is 43.6 Å². The van der Waals surface area contributed by atoms with Gasteiger partial charge in [-0.05, 0) is 82.3 Å². The second kappa shape index (κ2) is 9.10. The average Bonchev–Trinajstić information content (AvgIpc) is 3.43. The van der Waals surface area contributed by atoms with Crippen molar-refractivity contribution in [2.45, 2.75) is 27.7 Å². The van der Waals surface area contributed by atoms with E-state index in [0.29, 0.717) is 27.1 Å². The first kappa shape index (κ1) is 25.1. The maximum Gasteiger partial charge on any atom is 0.213 e. The fraction of sp³-hybridized carbons (Fsp3) is 0.111. The van der Waals surface area contributed by atoms with Gasteiger partial charge in [-0.15, -0.1) is 0 Å². The lowest BCUT2D eigenvalue weighted by atomic mass is 10.1. The van der Waals surface area contributed by atoms with Gasteiger partial charge in [0.05, 0.1) is 45.6 Å². The van der Waals surface area contributed by atoms with Crippen LogP contribution in [0.1, 0.15) is 27.8 Å². The number of aromatic nitrogens is 2. The van der Waals surface area contributed by atoms with Crippen molar-refractivity contribution in [1.82, 2.24) is 9.13 Å². The van der Waals surface area contributed by atoms with Crippen LogP contribution in [0.2, 0.25) is 0 Å². The standard InChI is InChI=1S/C36H25BrN4/c1-20-6-10-31-24(14-20)25-15-21(2)7-11-32(25)40(31)35-28(19-38)29(37)18-30(39-5)36(35)41-33-12-8-22(3)16-26(33)27-17-23(4)9-13-34(27)41/h6-18H,1-4H3. The zero-order chi connectivity index (χ0) is 28.6. The van der Waals surface area contributed by atoms with Crippen molar-refractivity contribution < 1.29 is 0 Å². The van der Waals surface area contributed by atoms with E-state index in [4.69, 9.17) is 6.57 Å². The van der Waals surface area contributed by atoms with E-state index in [1.54, 1.807) is 6.07 Å². The minimum absolute atomic E-state index is 0.472. The first-order valence-corrected chi connectivity index (χ1v) is 14.3. The van der Waals surface area contributed by atoms with Gasteiger partial charge in [-0.3, -0.25) is 0 Å². The molecule has 0 atom stereocenters. The first-order chi connectivity index (χ1) is 19.8. The van der Waals surface area contributed by atoms with Crippen molar-refractivity contribution in [2.24, 2.45) is 0 Å². The normalized spacial score (nSPS) is 11.5. The Labute approximate surface area is 246 Å². The number of halogens is 1. The predicted octanol–water partition coefficient (Wildman–Crippen LogP) is 10.3. The maximum absolute atomic E-state index is 10.6. The molecule has 7 rings (SSSR count). The second-order valence-electron chi connectivity index (χ2n) is 10.9. The van der Waals surface area contributed by atoms with Crippen molar-refractivity contribution in [2.75, 3.05) is 0 Å². The Morgan fingerprint density at radius 2 is 0.976 bits per heavy atom. The molecule has 2 heterocycles. The van der Waals surface area contributed by atoms with E-state index in [9.17, 15) is 5.26 Å². The molecule has 0 aliphatic heterocycles. The Kier molecular flexibility index (Phi) is 5.58. The van der Waals surface area contributed by atoms with Crippen LogP contribution in [0.15, 0.2) is 83.3 Å². The Morgan fingerprint density at radius 1 is 0.610 bits per heavy atom. The van der Waals surface area contributed by atoms with E-state index in [1.807, 2.05) is 0 Å². The molecule has 0 N–H and O–H groups in total. The van der Waals surface area contributed by atoms with Gasteiger partial charge in [0, 0.05) is 26.0 Å². The van der Waals surface area contributed by atoms with Crippen molar-refractivity contribution in [1.29, 1.82) is 5.26 Å². The molecule has 4 nitrogen and oxygen atoms in total. The van der Waals surface area contributed by atoms with Crippen LogP contribution in [0, 0.1) is 45.6 Å². The number of nitrogens with zero attached hydrogens (tertiary/aromatic N) is 4. The lowest BCUT2D eigenvalue weighted by Gasteiger charge is -2.21. The number of benzene rings is 5. The van der Waals surface area contributed by atoms with Crippen molar-refractivity contribution in [3.8, 4) is 17.4 Å². The van der Waals surface area contributed by atoms with Crippen molar-refractivity contribution in [3.63, 3.8) is 0 Å². The Hall–Kier alpha value is -4.84. The van der Waals surface area contributed by atoms with Gasteiger partial charge in [-0.1, -0.05) is 62.4 Å². The van der Waals surface area contributed by atoms with E-state index >= 15 is 0 Å². The summed E-state index contributed by atoms with van der Waals surface area (Å²) in [6, 6.07) is 30.1. The number of aryl methyl sites for hydroxylation is 4. The monoisotopic (exact) mass is 592 g/mol. The molecule has 0 radical (unpaired) electrons. The van der Waals surface area contributed by atoms with Gasteiger partial charge in [-0.25, -0.2) is 4.85 Å². The second-order valence-corrected chi connectivity index (χ2v) is 11.8. The molecular weight excluding hydrogens is 568 g/mol. The third-order valence-corrected chi connectivity index (χ3v) is 8.66. The number of hydrogen-bond acceptors (Lipinski definition) is 1. The Balaban J connectivity index is 1.77. The SMILES string of the molecule is [C-]#[N+]c1cc(Br)c(C#N)c(-n2c3ccc(C)cc3c3cc(C)ccc32)c1-n1c2ccc(C)cc2c2cc(C)ccc21. The topological polar surface area (TPSA) is 38.0 Å². The van der Waals surface area contributed by atoms with Gasteiger partial charge in [0.1, 0.15) is 6.07 Å². The highest BCUT2D eigenvalue weighted by molar-refractivity contribution is 9.10.